The Labute approximate surface area is 128 Å². The predicted octanol–water partition coefficient (Wildman–Crippen LogP) is 1.65. The number of esters is 1. The molecule has 0 aliphatic rings. The number of aromatic nitrogens is 2. The number of carbonyl (C=O) groups is 1. The number of H-pyrrole nitrogens is 1. The number of methoxy groups -OCH3 is 1. The van der Waals surface area contributed by atoms with E-state index in [4.69, 9.17) is 0 Å². The third kappa shape index (κ3) is 3.24. The molecule has 0 fully saturated rings. The summed E-state index contributed by atoms with van der Waals surface area (Å²) < 4.78 is 6.14. The third-order valence-electron chi connectivity index (χ3n) is 3.19. The lowest BCUT2D eigenvalue weighted by Crippen LogP contribution is -2.30. The van der Waals surface area contributed by atoms with E-state index in [1.165, 1.54) is 29.9 Å². The summed E-state index contributed by atoms with van der Waals surface area (Å²) in [5, 5.41) is 1.22. The van der Waals surface area contributed by atoms with Crippen molar-refractivity contribution in [3.63, 3.8) is 0 Å². The summed E-state index contributed by atoms with van der Waals surface area (Å²) in [7, 11) is 1.29. The highest BCUT2D eigenvalue weighted by molar-refractivity contribution is 9.09. The Morgan fingerprint density at radius 3 is 2.76 bits per heavy atom. The first-order chi connectivity index (χ1) is 10.1. The minimum absolute atomic E-state index is 0.309. The van der Waals surface area contributed by atoms with E-state index in [2.05, 4.69) is 25.7 Å². The van der Waals surface area contributed by atoms with E-state index in [0.29, 0.717) is 23.0 Å². The average Bonchev–Trinajstić information content (AvgIpc) is 2.49. The van der Waals surface area contributed by atoms with Gasteiger partial charge in [-0.3, -0.25) is 14.3 Å². The van der Waals surface area contributed by atoms with Gasteiger partial charge in [-0.1, -0.05) is 15.9 Å². The van der Waals surface area contributed by atoms with Crippen molar-refractivity contribution >= 4 is 32.8 Å². The van der Waals surface area contributed by atoms with Gasteiger partial charge in [0, 0.05) is 11.9 Å². The van der Waals surface area contributed by atoms with Crippen molar-refractivity contribution in [3.8, 4) is 0 Å². The highest BCUT2D eigenvalue weighted by Crippen LogP contribution is 2.13. The topological polar surface area (TPSA) is 81.2 Å². The molecule has 0 atom stereocenters. The molecule has 0 spiro atoms. The Kier molecular flexibility index (Phi) is 4.95. The SMILES string of the molecule is COC(=O)c1ccc2c(=O)[nH]c(=O)n(CCCCBr)c2c1. The Morgan fingerprint density at radius 1 is 1.33 bits per heavy atom. The van der Waals surface area contributed by atoms with Gasteiger partial charge >= 0.3 is 11.7 Å². The quantitative estimate of drug-likeness (QED) is 0.502. The Bertz CT molecular complexity index is 779. The predicted molar refractivity (Wildman–Crippen MR) is 83.2 cm³/mol. The van der Waals surface area contributed by atoms with Crippen molar-refractivity contribution < 1.29 is 9.53 Å². The number of hydrogen-bond acceptors (Lipinski definition) is 4. The average molecular weight is 355 g/mol. The molecule has 2 rings (SSSR count). The molecule has 0 aliphatic carbocycles. The summed E-state index contributed by atoms with van der Waals surface area (Å²) in [4.78, 5) is 37.7. The molecule has 7 heteroatoms. The summed E-state index contributed by atoms with van der Waals surface area (Å²) >= 11 is 3.34. The van der Waals surface area contributed by atoms with Crippen LogP contribution in [0.4, 0.5) is 0 Å². The molecule has 21 heavy (non-hydrogen) atoms. The number of aromatic amines is 1. The lowest BCUT2D eigenvalue weighted by Gasteiger charge is -2.10. The van der Waals surface area contributed by atoms with Crippen molar-refractivity contribution in [2.75, 3.05) is 12.4 Å². The highest BCUT2D eigenvalue weighted by atomic mass is 79.9. The molecular weight excluding hydrogens is 340 g/mol. The fraction of sp³-hybridized carbons (Fsp3) is 0.357. The fourth-order valence-corrected chi connectivity index (χ4v) is 2.52. The van der Waals surface area contributed by atoms with Crippen molar-refractivity contribution in [1.29, 1.82) is 0 Å². The minimum Gasteiger partial charge on any atom is -0.465 e. The van der Waals surface area contributed by atoms with Crippen molar-refractivity contribution in [1.82, 2.24) is 9.55 Å². The number of rotatable bonds is 5. The zero-order valence-electron chi connectivity index (χ0n) is 11.5. The standard InChI is InChI=1S/C14H15BrN2O4/c1-21-13(19)9-4-5-10-11(8-9)17(7-3-2-6-15)14(20)16-12(10)18/h4-5,8H,2-3,6-7H2,1H3,(H,16,18,20). The summed E-state index contributed by atoms with van der Waals surface area (Å²) in [6.07, 6.45) is 1.69. The van der Waals surface area contributed by atoms with E-state index in [1.807, 2.05) is 0 Å². The van der Waals surface area contributed by atoms with E-state index in [0.717, 1.165) is 18.2 Å². The molecule has 1 aromatic heterocycles. The number of hydrogen-bond donors (Lipinski definition) is 1. The monoisotopic (exact) mass is 354 g/mol. The largest absolute Gasteiger partial charge is 0.465 e. The molecule has 0 aliphatic heterocycles. The van der Waals surface area contributed by atoms with Crippen LogP contribution in [-0.2, 0) is 11.3 Å². The van der Waals surface area contributed by atoms with Crippen LogP contribution in [-0.4, -0.2) is 28.0 Å². The van der Waals surface area contributed by atoms with Gasteiger partial charge in [0.25, 0.3) is 5.56 Å². The number of nitrogens with zero attached hydrogens (tertiary/aromatic N) is 1. The molecule has 0 saturated heterocycles. The lowest BCUT2D eigenvalue weighted by atomic mass is 10.1. The summed E-state index contributed by atoms with van der Waals surface area (Å²) in [5.74, 6) is -0.503. The van der Waals surface area contributed by atoms with Crippen LogP contribution < -0.4 is 11.2 Å². The van der Waals surface area contributed by atoms with Crippen LogP contribution in [0.25, 0.3) is 10.9 Å². The molecular formula is C14H15BrN2O4. The summed E-state index contributed by atoms with van der Waals surface area (Å²) in [6.45, 7) is 0.475. The maximum absolute atomic E-state index is 12.0. The Morgan fingerprint density at radius 2 is 2.10 bits per heavy atom. The number of ether oxygens (including phenoxy) is 1. The van der Waals surface area contributed by atoms with Gasteiger partial charge in [-0.15, -0.1) is 0 Å². The molecule has 112 valence electrons. The molecule has 0 radical (unpaired) electrons. The van der Waals surface area contributed by atoms with Gasteiger partial charge < -0.3 is 4.74 Å². The molecule has 2 aromatic rings. The molecule has 0 unspecified atom stereocenters. The van der Waals surface area contributed by atoms with E-state index >= 15 is 0 Å². The molecule has 1 aromatic carbocycles. The zero-order valence-corrected chi connectivity index (χ0v) is 13.1. The van der Waals surface area contributed by atoms with Crippen molar-refractivity contribution in [2.45, 2.75) is 19.4 Å². The van der Waals surface area contributed by atoms with Crippen LogP contribution in [0, 0.1) is 0 Å². The number of aryl methyl sites for hydroxylation is 1. The van der Waals surface area contributed by atoms with Gasteiger partial charge in [-0.05, 0) is 31.0 Å². The van der Waals surface area contributed by atoms with Gasteiger partial charge in [-0.2, -0.15) is 0 Å². The van der Waals surface area contributed by atoms with Gasteiger partial charge in [0.1, 0.15) is 0 Å². The number of alkyl halides is 1. The van der Waals surface area contributed by atoms with Crippen LogP contribution in [0.1, 0.15) is 23.2 Å². The second kappa shape index (κ2) is 6.71. The van der Waals surface area contributed by atoms with E-state index < -0.39 is 17.2 Å². The van der Waals surface area contributed by atoms with Crippen LogP contribution in [0.2, 0.25) is 0 Å². The number of nitrogens with one attached hydrogen (secondary N) is 1. The van der Waals surface area contributed by atoms with E-state index in [1.54, 1.807) is 0 Å². The highest BCUT2D eigenvalue weighted by Gasteiger charge is 2.11. The summed E-state index contributed by atoms with van der Waals surface area (Å²) in [5.41, 5.74) is -0.169. The number of unbranched alkanes of at least 4 members (excludes halogenated alkanes) is 1. The van der Waals surface area contributed by atoms with Gasteiger partial charge in [-0.25, -0.2) is 9.59 Å². The lowest BCUT2D eigenvalue weighted by molar-refractivity contribution is 0.0601. The number of carbonyl (C=O) groups excluding carboxylic acids is 1. The van der Waals surface area contributed by atoms with E-state index in [9.17, 15) is 14.4 Å². The molecule has 0 saturated carbocycles. The smallest absolute Gasteiger partial charge is 0.337 e. The molecule has 6 nitrogen and oxygen atoms in total. The first-order valence-electron chi connectivity index (χ1n) is 6.49. The second-order valence-electron chi connectivity index (χ2n) is 4.53. The maximum atomic E-state index is 12.0. The first kappa shape index (κ1) is 15.5. The Hall–Kier alpha value is -1.89. The van der Waals surface area contributed by atoms with Crippen LogP contribution in [0.15, 0.2) is 27.8 Å². The van der Waals surface area contributed by atoms with Crippen LogP contribution in [0.5, 0.6) is 0 Å². The molecule has 0 amide bonds. The van der Waals surface area contributed by atoms with Crippen molar-refractivity contribution in [2.24, 2.45) is 0 Å². The van der Waals surface area contributed by atoms with Gasteiger partial charge in [0.2, 0.25) is 0 Å². The normalized spacial score (nSPS) is 10.8. The molecule has 0 bridgehead atoms. The van der Waals surface area contributed by atoms with Crippen LogP contribution >= 0.6 is 15.9 Å². The summed E-state index contributed by atoms with van der Waals surface area (Å²) in [6, 6.07) is 4.56. The third-order valence-corrected chi connectivity index (χ3v) is 3.75. The maximum Gasteiger partial charge on any atom is 0.337 e. The molecule has 1 heterocycles. The fourth-order valence-electron chi connectivity index (χ4n) is 2.12. The zero-order chi connectivity index (χ0) is 15.4. The number of halogens is 1. The van der Waals surface area contributed by atoms with Crippen LogP contribution in [0.3, 0.4) is 0 Å². The van der Waals surface area contributed by atoms with Crippen molar-refractivity contribution in [3.05, 3.63) is 44.6 Å². The number of benzene rings is 1. The van der Waals surface area contributed by atoms with Gasteiger partial charge in [0.15, 0.2) is 0 Å². The van der Waals surface area contributed by atoms with Gasteiger partial charge in [0.05, 0.1) is 23.6 Å². The molecule has 1 N–H and O–H groups in total. The minimum atomic E-state index is -0.503. The number of fused-ring (bicyclic) bond motifs is 1. The Balaban J connectivity index is 2.61. The second-order valence-corrected chi connectivity index (χ2v) is 5.32. The first-order valence-corrected chi connectivity index (χ1v) is 7.61. The van der Waals surface area contributed by atoms with E-state index in [-0.39, 0.29) is 0 Å².